The number of carbonyl (C=O) groups excluding carboxylic acids is 2. The van der Waals surface area contributed by atoms with Gasteiger partial charge in [-0.3, -0.25) is 14.5 Å². The number of piperidine rings is 1. The van der Waals surface area contributed by atoms with Gasteiger partial charge >= 0.3 is 0 Å². The summed E-state index contributed by atoms with van der Waals surface area (Å²) < 4.78 is 0. The van der Waals surface area contributed by atoms with Crippen molar-refractivity contribution in [3.05, 3.63) is 0 Å². The van der Waals surface area contributed by atoms with Crippen LogP contribution in [0.25, 0.3) is 0 Å². The summed E-state index contributed by atoms with van der Waals surface area (Å²) >= 11 is 0. The lowest BCUT2D eigenvalue weighted by Crippen LogP contribution is -2.49. The Kier molecular flexibility index (Phi) is 5.55. The predicted molar refractivity (Wildman–Crippen MR) is 70.0 cm³/mol. The fourth-order valence-electron chi connectivity index (χ4n) is 2.17. The molecule has 0 aromatic rings. The molecule has 1 aliphatic heterocycles. The van der Waals surface area contributed by atoms with Crippen LogP contribution in [0.5, 0.6) is 0 Å². The van der Waals surface area contributed by atoms with Crippen molar-refractivity contribution < 1.29 is 9.59 Å². The van der Waals surface area contributed by atoms with Crippen molar-refractivity contribution >= 4 is 11.8 Å². The molecule has 2 amide bonds. The van der Waals surface area contributed by atoms with E-state index in [1.807, 2.05) is 7.05 Å². The molecule has 1 rings (SSSR count). The number of amides is 2. The summed E-state index contributed by atoms with van der Waals surface area (Å²) in [6, 6.07) is 0.371. The van der Waals surface area contributed by atoms with Crippen LogP contribution in [-0.2, 0) is 9.59 Å². The quantitative estimate of drug-likeness (QED) is 0.697. The average molecular weight is 256 g/mol. The van der Waals surface area contributed by atoms with E-state index in [9.17, 15) is 9.59 Å². The number of carbonyl (C=O) groups is 2. The Morgan fingerprint density at radius 1 is 1.22 bits per heavy atom. The highest BCUT2D eigenvalue weighted by Crippen LogP contribution is 2.15. The molecule has 0 bridgehead atoms. The van der Waals surface area contributed by atoms with Crippen molar-refractivity contribution in [2.45, 2.75) is 18.9 Å². The van der Waals surface area contributed by atoms with Crippen LogP contribution < -0.4 is 5.73 Å². The molecular weight excluding hydrogens is 232 g/mol. The van der Waals surface area contributed by atoms with Crippen LogP contribution in [-0.4, -0.2) is 79.9 Å². The molecule has 0 radical (unpaired) electrons. The topological polar surface area (TPSA) is 69.9 Å². The Balaban J connectivity index is 2.38. The minimum atomic E-state index is 0.0143. The highest BCUT2D eigenvalue weighted by Gasteiger charge is 2.25. The minimum absolute atomic E-state index is 0.0143. The second kappa shape index (κ2) is 6.70. The summed E-state index contributed by atoms with van der Waals surface area (Å²) in [4.78, 5) is 28.5. The monoisotopic (exact) mass is 256 g/mol. The third-order valence-corrected chi connectivity index (χ3v) is 3.50. The summed E-state index contributed by atoms with van der Waals surface area (Å²) in [5.41, 5.74) is 5.34. The summed E-state index contributed by atoms with van der Waals surface area (Å²) in [5, 5.41) is 0. The molecule has 0 aliphatic carbocycles. The van der Waals surface area contributed by atoms with Gasteiger partial charge in [-0.15, -0.1) is 0 Å². The van der Waals surface area contributed by atoms with Crippen LogP contribution in [0.3, 0.4) is 0 Å². The van der Waals surface area contributed by atoms with Crippen molar-refractivity contribution in [2.75, 3.05) is 47.3 Å². The minimum Gasteiger partial charge on any atom is -0.348 e. The van der Waals surface area contributed by atoms with E-state index >= 15 is 0 Å². The zero-order valence-corrected chi connectivity index (χ0v) is 11.6. The van der Waals surface area contributed by atoms with E-state index in [0.717, 1.165) is 25.9 Å². The van der Waals surface area contributed by atoms with Crippen LogP contribution in [0.2, 0.25) is 0 Å². The fourth-order valence-corrected chi connectivity index (χ4v) is 2.17. The molecule has 1 heterocycles. The number of hydrogen-bond donors (Lipinski definition) is 1. The first kappa shape index (κ1) is 14.9. The fraction of sp³-hybridized carbons (Fsp3) is 0.833. The maximum atomic E-state index is 11.6. The normalized spacial score (nSPS) is 17.1. The molecule has 0 saturated carbocycles. The van der Waals surface area contributed by atoms with Gasteiger partial charge in [0.05, 0.1) is 13.1 Å². The van der Waals surface area contributed by atoms with E-state index in [-0.39, 0.29) is 18.4 Å². The van der Waals surface area contributed by atoms with Crippen molar-refractivity contribution in [2.24, 2.45) is 5.73 Å². The van der Waals surface area contributed by atoms with Gasteiger partial charge in [-0.25, -0.2) is 0 Å². The Morgan fingerprint density at radius 2 is 1.78 bits per heavy atom. The van der Waals surface area contributed by atoms with Crippen LogP contribution in [0.1, 0.15) is 12.8 Å². The SMILES string of the molecule is CN(C)C(=O)CN(C)C1CCN(C(=O)CN)CC1. The van der Waals surface area contributed by atoms with E-state index in [0.29, 0.717) is 12.6 Å². The van der Waals surface area contributed by atoms with E-state index in [4.69, 9.17) is 5.73 Å². The van der Waals surface area contributed by atoms with Gasteiger partial charge in [0.2, 0.25) is 11.8 Å². The molecule has 18 heavy (non-hydrogen) atoms. The van der Waals surface area contributed by atoms with E-state index < -0.39 is 0 Å². The summed E-state index contributed by atoms with van der Waals surface area (Å²) in [7, 11) is 5.49. The first-order valence-electron chi connectivity index (χ1n) is 6.34. The Bertz CT molecular complexity index is 298. The number of rotatable bonds is 4. The highest BCUT2D eigenvalue weighted by molar-refractivity contribution is 5.78. The number of likely N-dealkylation sites (N-methyl/N-ethyl adjacent to an activating group) is 2. The smallest absolute Gasteiger partial charge is 0.236 e. The number of likely N-dealkylation sites (tertiary alicyclic amines) is 1. The first-order chi connectivity index (χ1) is 8.45. The predicted octanol–water partition coefficient (Wildman–Crippen LogP) is -1.04. The number of hydrogen-bond acceptors (Lipinski definition) is 4. The van der Waals surface area contributed by atoms with Gasteiger partial charge in [0, 0.05) is 33.2 Å². The van der Waals surface area contributed by atoms with Crippen LogP contribution >= 0.6 is 0 Å². The van der Waals surface area contributed by atoms with Crippen molar-refractivity contribution in [3.8, 4) is 0 Å². The Labute approximate surface area is 109 Å². The zero-order chi connectivity index (χ0) is 13.7. The van der Waals surface area contributed by atoms with Gasteiger partial charge in [-0.1, -0.05) is 0 Å². The van der Waals surface area contributed by atoms with Crippen LogP contribution in [0, 0.1) is 0 Å². The van der Waals surface area contributed by atoms with E-state index in [2.05, 4.69) is 4.90 Å². The molecule has 0 unspecified atom stereocenters. The Hall–Kier alpha value is -1.14. The standard InChI is InChI=1S/C12H24N4O2/c1-14(2)12(18)9-15(3)10-4-6-16(7-5-10)11(17)8-13/h10H,4-9,13H2,1-3H3. The molecule has 2 N–H and O–H groups in total. The maximum Gasteiger partial charge on any atom is 0.236 e. The maximum absolute atomic E-state index is 11.6. The lowest BCUT2D eigenvalue weighted by atomic mass is 10.0. The molecule has 1 saturated heterocycles. The third kappa shape index (κ3) is 3.96. The molecular formula is C12H24N4O2. The summed E-state index contributed by atoms with van der Waals surface area (Å²) in [6.07, 6.45) is 1.81. The second-order valence-electron chi connectivity index (χ2n) is 5.02. The van der Waals surface area contributed by atoms with E-state index in [1.54, 1.807) is 23.9 Å². The van der Waals surface area contributed by atoms with Crippen LogP contribution in [0.15, 0.2) is 0 Å². The largest absolute Gasteiger partial charge is 0.348 e. The van der Waals surface area contributed by atoms with Gasteiger partial charge < -0.3 is 15.5 Å². The summed E-state index contributed by atoms with van der Waals surface area (Å²) in [6.45, 7) is 1.99. The Morgan fingerprint density at radius 3 is 2.22 bits per heavy atom. The third-order valence-electron chi connectivity index (χ3n) is 3.50. The van der Waals surface area contributed by atoms with Gasteiger partial charge in [0.1, 0.15) is 0 Å². The van der Waals surface area contributed by atoms with Gasteiger partial charge in [-0.2, -0.15) is 0 Å². The van der Waals surface area contributed by atoms with Crippen molar-refractivity contribution in [1.29, 1.82) is 0 Å². The van der Waals surface area contributed by atoms with Gasteiger partial charge in [-0.05, 0) is 19.9 Å². The lowest BCUT2D eigenvalue weighted by molar-refractivity contribution is -0.133. The molecule has 1 fully saturated rings. The number of nitrogens with two attached hydrogens (primary N) is 1. The molecule has 1 aliphatic rings. The molecule has 0 spiro atoms. The van der Waals surface area contributed by atoms with Crippen LogP contribution in [0.4, 0.5) is 0 Å². The highest BCUT2D eigenvalue weighted by atomic mass is 16.2. The average Bonchev–Trinajstić information content (AvgIpc) is 2.37. The van der Waals surface area contributed by atoms with Gasteiger partial charge in [0.25, 0.3) is 0 Å². The second-order valence-corrected chi connectivity index (χ2v) is 5.02. The van der Waals surface area contributed by atoms with Crippen molar-refractivity contribution in [3.63, 3.8) is 0 Å². The molecule has 104 valence electrons. The molecule has 6 nitrogen and oxygen atoms in total. The number of nitrogens with zero attached hydrogens (tertiary/aromatic N) is 3. The van der Waals surface area contributed by atoms with E-state index in [1.165, 1.54) is 0 Å². The molecule has 0 aromatic heterocycles. The molecule has 0 aromatic carbocycles. The molecule has 6 heteroatoms. The van der Waals surface area contributed by atoms with Gasteiger partial charge in [0.15, 0.2) is 0 Å². The summed E-state index contributed by atoms with van der Waals surface area (Å²) in [5.74, 6) is 0.124. The molecule has 0 atom stereocenters. The zero-order valence-electron chi connectivity index (χ0n) is 11.6. The lowest BCUT2D eigenvalue weighted by Gasteiger charge is -2.36. The van der Waals surface area contributed by atoms with Crippen molar-refractivity contribution in [1.82, 2.24) is 14.7 Å². The first-order valence-corrected chi connectivity index (χ1v) is 6.34.